The Kier molecular flexibility index (Phi) is 5.31. The van der Waals surface area contributed by atoms with Crippen LogP contribution in [0.15, 0.2) is 48.5 Å². The van der Waals surface area contributed by atoms with E-state index >= 15 is 0 Å². The minimum atomic E-state index is -0.441. The average Bonchev–Trinajstić information content (AvgIpc) is 2.48. The van der Waals surface area contributed by atoms with Gasteiger partial charge in [0, 0.05) is 12.5 Å². The van der Waals surface area contributed by atoms with Gasteiger partial charge in [-0.25, -0.2) is 4.39 Å². The van der Waals surface area contributed by atoms with E-state index in [0.29, 0.717) is 12.1 Å². The van der Waals surface area contributed by atoms with Crippen molar-refractivity contribution in [3.63, 3.8) is 0 Å². The molecule has 5 heteroatoms. The molecule has 0 heterocycles. The summed E-state index contributed by atoms with van der Waals surface area (Å²) in [5.74, 6) is -0.640. The first kappa shape index (κ1) is 15.5. The fourth-order valence-corrected chi connectivity index (χ4v) is 2.17. The highest BCUT2D eigenvalue weighted by atomic mass is 35.5. The number of carbonyl (C=O) groups excluding carboxylic acids is 1. The quantitative estimate of drug-likeness (QED) is 0.880. The molecular formula is C16H16ClFN2O. The van der Waals surface area contributed by atoms with Crippen LogP contribution in [-0.4, -0.2) is 5.91 Å². The van der Waals surface area contributed by atoms with Crippen molar-refractivity contribution in [2.75, 3.05) is 5.32 Å². The maximum absolute atomic E-state index is 12.9. The summed E-state index contributed by atoms with van der Waals surface area (Å²) in [7, 11) is 0. The van der Waals surface area contributed by atoms with Gasteiger partial charge in [0.1, 0.15) is 5.82 Å². The van der Waals surface area contributed by atoms with Gasteiger partial charge in [0.15, 0.2) is 0 Å². The number of hydrogen-bond donors (Lipinski definition) is 2. The standard InChI is InChI=1S/C16H16ClFN2O/c17-13-10-12(18)6-8-15(13)20-16(21)9-7-14(19)11-4-2-1-3-5-11/h1-6,8,10,14H,7,9,19H2,(H,20,21). The molecule has 0 aromatic heterocycles. The number of hydrogen-bond acceptors (Lipinski definition) is 2. The second kappa shape index (κ2) is 7.20. The molecular weight excluding hydrogens is 291 g/mol. The van der Waals surface area contributed by atoms with Crippen LogP contribution in [0.5, 0.6) is 0 Å². The van der Waals surface area contributed by atoms with Gasteiger partial charge >= 0.3 is 0 Å². The van der Waals surface area contributed by atoms with Gasteiger partial charge in [-0.1, -0.05) is 41.9 Å². The molecule has 2 rings (SSSR count). The molecule has 0 radical (unpaired) electrons. The number of rotatable bonds is 5. The molecule has 0 aliphatic heterocycles. The summed E-state index contributed by atoms with van der Waals surface area (Å²) < 4.78 is 12.9. The largest absolute Gasteiger partial charge is 0.325 e. The molecule has 1 amide bonds. The van der Waals surface area contributed by atoms with Crippen LogP contribution in [0.25, 0.3) is 0 Å². The van der Waals surface area contributed by atoms with Gasteiger partial charge in [-0.15, -0.1) is 0 Å². The summed E-state index contributed by atoms with van der Waals surface area (Å²) >= 11 is 5.85. The highest BCUT2D eigenvalue weighted by Crippen LogP contribution is 2.23. The Labute approximate surface area is 127 Å². The maximum Gasteiger partial charge on any atom is 0.224 e. The minimum absolute atomic E-state index is 0.177. The molecule has 0 fully saturated rings. The maximum atomic E-state index is 12.9. The fraction of sp³-hybridized carbons (Fsp3) is 0.188. The Morgan fingerprint density at radius 1 is 1.24 bits per heavy atom. The predicted octanol–water partition coefficient (Wildman–Crippen LogP) is 3.90. The van der Waals surface area contributed by atoms with E-state index in [1.54, 1.807) is 0 Å². The summed E-state index contributed by atoms with van der Waals surface area (Å²) in [5, 5.41) is 2.83. The van der Waals surface area contributed by atoms with E-state index in [-0.39, 0.29) is 23.4 Å². The van der Waals surface area contributed by atoms with Gasteiger partial charge in [0.05, 0.1) is 10.7 Å². The topological polar surface area (TPSA) is 55.1 Å². The molecule has 0 spiro atoms. The Morgan fingerprint density at radius 2 is 1.95 bits per heavy atom. The number of benzene rings is 2. The lowest BCUT2D eigenvalue weighted by Gasteiger charge is -2.12. The number of carbonyl (C=O) groups is 1. The summed E-state index contributed by atoms with van der Waals surface area (Å²) in [5.41, 5.74) is 7.42. The molecule has 0 bridgehead atoms. The van der Waals surface area contributed by atoms with E-state index in [1.807, 2.05) is 30.3 Å². The molecule has 0 saturated carbocycles. The molecule has 3 nitrogen and oxygen atoms in total. The van der Waals surface area contributed by atoms with Crippen LogP contribution in [0.4, 0.5) is 10.1 Å². The number of halogens is 2. The zero-order valence-electron chi connectivity index (χ0n) is 11.4. The lowest BCUT2D eigenvalue weighted by molar-refractivity contribution is -0.116. The van der Waals surface area contributed by atoms with Crippen LogP contribution >= 0.6 is 11.6 Å². The van der Waals surface area contributed by atoms with Crippen molar-refractivity contribution in [2.24, 2.45) is 5.73 Å². The van der Waals surface area contributed by atoms with Crippen molar-refractivity contribution in [3.8, 4) is 0 Å². The smallest absolute Gasteiger partial charge is 0.224 e. The molecule has 1 unspecified atom stereocenters. The summed E-state index contributed by atoms with van der Waals surface area (Å²) in [6.07, 6.45) is 0.790. The first-order valence-electron chi connectivity index (χ1n) is 6.61. The van der Waals surface area contributed by atoms with Crippen molar-refractivity contribution < 1.29 is 9.18 Å². The Morgan fingerprint density at radius 3 is 2.62 bits per heavy atom. The van der Waals surface area contributed by atoms with Gasteiger partial charge in [0.25, 0.3) is 0 Å². The SMILES string of the molecule is NC(CCC(=O)Nc1ccc(F)cc1Cl)c1ccccc1. The van der Waals surface area contributed by atoms with Crippen LogP contribution < -0.4 is 11.1 Å². The van der Waals surface area contributed by atoms with Gasteiger partial charge in [0.2, 0.25) is 5.91 Å². The van der Waals surface area contributed by atoms with Crippen LogP contribution in [0.2, 0.25) is 5.02 Å². The van der Waals surface area contributed by atoms with E-state index in [9.17, 15) is 9.18 Å². The normalized spacial score (nSPS) is 12.0. The van der Waals surface area contributed by atoms with Crippen molar-refractivity contribution in [3.05, 3.63) is 64.9 Å². The van der Waals surface area contributed by atoms with Gasteiger partial charge < -0.3 is 11.1 Å². The van der Waals surface area contributed by atoms with Gasteiger partial charge in [-0.3, -0.25) is 4.79 Å². The minimum Gasteiger partial charge on any atom is -0.325 e. The van der Waals surface area contributed by atoms with Crippen LogP contribution in [0.1, 0.15) is 24.4 Å². The van der Waals surface area contributed by atoms with Gasteiger partial charge in [-0.2, -0.15) is 0 Å². The summed E-state index contributed by atoms with van der Waals surface area (Å²) in [4.78, 5) is 11.9. The van der Waals surface area contributed by atoms with Crippen LogP contribution in [-0.2, 0) is 4.79 Å². The van der Waals surface area contributed by atoms with Crippen molar-refractivity contribution in [1.29, 1.82) is 0 Å². The van der Waals surface area contributed by atoms with Crippen molar-refractivity contribution >= 4 is 23.2 Å². The van der Waals surface area contributed by atoms with E-state index in [1.165, 1.54) is 12.1 Å². The Bertz CT molecular complexity index is 619. The third-order valence-corrected chi connectivity index (χ3v) is 3.43. The molecule has 21 heavy (non-hydrogen) atoms. The molecule has 2 aromatic carbocycles. The zero-order valence-corrected chi connectivity index (χ0v) is 12.1. The lowest BCUT2D eigenvalue weighted by atomic mass is 10.0. The third kappa shape index (κ3) is 4.55. The van der Waals surface area contributed by atoms with Crippen LogP contribution in [0, 0.1) is 5.82 Å². The van der Waals surface area contributed by atoms with E-state index in [2.05, 4.69) is 5.32 Å². The van der Waals surface area contributed by atoms with Crippen LogP contribution in [0.3, 0.4) is 0 Å². The average molecular weight is 307 g/mol. The first-order valence-corrected chi connectivity index (χ1v) is 6.99. The van der Waals surface area contributed by atoms with Gasteiger partial charge in [-0.05, 0) is 30.2 Å². The molecule has 0 aliphatic rings. The molecule has 2 aromatic rings. The van der Waals surface area contributed by atoms with E-state index in [0.717, 1.165) is 11.6 Å². The monoisotopic (exact) mass is 306 g/mol. The molecule has 0 saturated heterocycles. The number of nitrogens with one attached hydrogen (secondary N) is 1. The predicted molar refractivity (Wildman–Crippen MR) is 82.6 cm³/mol. The Hall–Kier alpha value is -1.91. The highest BCUT2D eigenvalue weighted by molar-refractivity contribution is 6.33. The second-order valence-corrected chi connectivity index (χ2v) is 5.14. The second-order valence-electron chi connectivity index (χ2n) is 4.73. The third-order valence-electron chi connectivity index (χ3n) is 3.12. The number of amides is 1. The molecule has 0 aliphatic carbocycles. The van der Waals surface area contributed by atoms with Crippen molar-refractivity contribution in [2.45, 2.75) is 18.9 Å². The molecule has 1 atom stereocenters. The summed E-state index contributed by atoms with van der Waals surface area (Å²) in [6.45, 7) is 0. The first-order chi connectivity index (χ1) is 10.1. The molecule has 3 N–H and O–H groups in total. The summed E-state index contributed by atoms with van der Waals surface area (Å²) in [6, 6.07) is 13.2. The molecule has 110 valence electrons. The fourth-order valence-electron chi connectivity index (χ4n) is 1.96. The zero-order chi connectivity index (χ0) is 15.2. The van der Waals surface area contributed by atoms with E-state index < -0.39 is 5.82 Å². The number of anilines is 1. The lowest BCUT2D eigenvalue weighted by Crippen LogP contribution is -2.16. The highest BCUT2D eigenvalue weighted by Gasteiger charge is 2.10. The number of nitrogens with two attached hydrogens (primary N) is 1. The van der Waals surface area contributed by atoms with E-state index in [4.69, 9.17) is 17.3 Å². The van der Waals surface area contributed by atoms with Crippen molar-refractivity contribution in [1.82, 2.24) is 0 Å². The Balaban J connectivity index is 1.87.